The van der Waals surface area contributed by atoms with Gasteiger partial charge >= 0.3 is 5.76 Å². The van der Waals surface area contributed by atoms with Gasteiger partial charge in [0, 0.05) is 13.5 Å². The van der Waals surface area contributed by atoms with E-state index in [1.54, 1.807) is 11.9 Å². The lowest BCUT2D eigenvalue weighted by Gasteiger charge is -2.25. The van der Waals surface area contributed by atoms with Gasteiger partial charge in [0.15, 0.2) is 0 Å². The van der Waals surface area contributed by atoms with Crippen LogP contribution in [0.5, 0.6) is 0 Å². The summed E-state index contributed by atoms with van der Waals surface area (Å²) in [5.74, 6) is -0.308. The number of carbonyl (C=O) groups is 1. The van der Waals surface area contributed by atoms with E-state index in [1.807, 2.05) is 54.8 Å². The molecule has 3 rings (SSSR count). The Morgan fingerprint density at radius 3 is 2.72 bits per heavy atom. The summed E-state index contributed by atoms with van der Waals surface area (Å²) in [6.45, 7) is 2.17. The Kier molecular flexibility index (Phi) is 5.14. The molecule has 0 aliphatic rings. The average molecular weight is 357 g/mol. The van der Waals surface area contributed by atoms with E-state index in [4.69, 9.17) is 4.42 Å². The summed E-state index contributed by atoms with van der Waals surface area (Å²) < 4.78 is 6.35. The molecule has 25 heavy (non-hydrogen) atoms. The van der Waals surface area contributed by atoms with Crippen LogP contribution in [0.1, 0.15) is 24.9 Å². The van der Waals surface area contributed by atoms with Crippen LogP contribution in [0.15, 0.2) is 57.1 Å². The fraction of sp³-hybridized carbons (Fsp3) is 0.278. The van der Waals surface area contributed by atoms with E-state index in [2.05, 4.69) is 5.10 Å². The molecular formula is C18H19N3O3S. The van der Waals surface area contributed by atoms with Gasteiger partial charge in [-0.05, 0) is 23.9 Å². The number of hydrogen-bond acceptors (Lipinski definition) is 5. The average Bonchev–Trinajstić information content (AvgIpc) is 3.29. The van der Waals surface area contributed by atoms with Crippen LogP contribution in [0.3, 0.4) is 0 Å². The van der Waals surface area contributed by atoms with Crippen LogP contribution >= 0.6 is 11.3 Å². The lowest BCUT2D eigenvalue weighted by atomic mass is 10.1. The number of amides is 1. The number of benzene rings is 1. The van der Waals surface area contributed by atoms with E-state index in [1.165, 1.54) is 16.0 Å². The van der Waals surface area contributed by atoms with E-state index >= 15 is 0 Å². The topological polar surface area (TPSA) is 68.3 Å². The maximum absolute atomic E-state index is 12.4. The summed E-state index contributed by atoms with van der Waals surface area (Å²) in [6.07, 6.45) is 0.185. The fourth-order valence-electron chi connectivity index (χ4n) is 2.50. The molecule has 7 heteroatoms. The Balaban J connectivity index is 1.63. The van der Waals surface area contributed by atoms with Crippen LogP contribution in [-0.2, 0) is 11.3 Å². The Labute approximate surface area is 149 Å². The lowest BCUT2D eigenvalue weighted by Crippen LogP contribution is -2.31. The number of carbonyl (C=O) groups excluding carboxylic acids is 1. The van der Waals surface area contributed by atoms with Crippen LogP contribution < -0.4 is 5.76 Å². The molecular weight excluding hydrogens is 338 g/mol. The molecule has 0 radical (unpaired) electrons. The molecule has 0 spiro atoms. The van der Waals surface area contributed by atoms with Crippen LogP contribution in [0, 0.1) is 0 Å². The molecule has 6 nitrogen and oxygen atoms in total. The first-order valence-electron chi connectivity index (χ1n) is 7.98. The minimum atomic E-state index is -0.546. The first kappa shape index (κ1) is 17.2. The molecule has 1 aromatic carbocycles. The molecule has 0 aliphatic carbocycles. The maximum atomic E-state index is 12.4. The molecule has 1 atom stereocenters. The first-order chi connectivity index (χ1) is 12.1. The highest BCUT2D eigenvalue weighted by Gasteiger charge is 2.18. The van der Waals surface area contributed by atoms with Gasteiger partial charge in [-0.3, -0.25) is 4.79 Å². The van der Waals surface area contributed by atoms with Gasteiger partial charge in [0.05, 0.1) is 17.5 Å². The minimum Gasteiger partial charge on any atom is -0.387 e. The molecule has 130 valence electrons. The second-order valence-corrected chi connectivity index (χ2v) is 6.66. The zero-order chi connectivity index (χ0) is 17.8. The van der Waals surface area contributed by atoms with Crippen molar-refractivity contribution in [3.05, 3.63) is 64.0 Å². The fourth-order valence-corrected chi connectivity index (χ4v) is 3.14. The van der Waals surface area contributed by atoms with Gasteiger partial charge in [0.1, 0.15) is 0 Å². The van der Waals surface area contributed by atoms with Gasteiger partial charge in [0.2, 0.25) is 5.91 Å². The molecule has 3 aromatic rings. The second kappa shape index (κ2) is 7.48. The van der Waals surface area contributed by atoms with Crippen molar-refractivity contribution in [3.63, 3.8) is 0 Å². The largest absolute Gasteiger partial charge is 0.437 e. The highest BCUT2D eigenvalue weighted by molar-refractivity contribution is 7.13. The standard InChI is InChI=1S/C18H19N3O3S/c1-13(14-7-4-3-5-8-14)20(2)16(22)10-11-21-18(23)24-17(19-21)15-9-6-12-25-15/h3-9,12-13H,10-11H2,1-2H3/t13-/m0/s1. The van der Waals surface area contributed by atoms with Gasteiger partial charge < -0.3 is 9.32 Å². The van der Waals surface area contributed by atoms with Crippen molar-refractivity contribution in [1.29, 1.82) is 0 Å². The van der Waals surface area contributed by atoms with Crippen molar-refractivity contribution in [2.24, 2.45) is 0 Å². The lowest BCUT2D eigenvalue weighted by molar-refractivity contribution is -0.132. The molecule has 0 aliphatic heterocycles. The van der Waals surface area contributed by atoms with Crippen molar-refractivity contribution >= 4 is 17.2 Å². The Morgan fingerprint density at radius 2 is 2.04 bits per heavy atom. The second-order valence-electron chi connectivity index (χ2n) is 5.71. The van der Waals surface area contributed by atoms with Gasteiger partial charge in [-0.15, -0.1) is 16.4 Å². The molecule has 0 unspecified atom stereocenters. The number of nitrogens with zero attached hydrogens (tertiary/aromatic N) is 3. The SMILES string of the molecule is C[C@@H](c1ccccc1)N(C)C(=O)CCn1nc(-c2cccs2)oc1=O. The van der Waals surface area contributed by atoms with Crippen LogP contribution in [0.2, 0.25) is 0 Å². The normalized spacial score (nSPS) is 12.1. The molecule has 2 aromatic heterocycles. The molecule has 0 fully saturated rings. The summed E-state index contributed by atoms with van der Waals surface area (Å²) in [5.41, 5.74) is 1.07. The predicted octanol–water partition coefficient (Wildman–Crippen LogP) is 3.17. The van der Waals surface area contributed by atoms with Gasteiger partial charge in [-0.1, -0.05) is 36.4 Å². The Morgan fingerprint density at radius 1 is 1.28 bits per heavy atom. The summed E-state index contributed by atoms with van der Waals surface area (Å²) >= 11 is 1.45. The molecule has 0 bridgehead atoms. The Hall–Kier alpha value is -2.67. The third kappa shape index (κ3) is 3.88. The first-order valence-corrected chi connectivity index (χ1v) is 8.86. The molecule has 0 saturated heterocycles. The quantitative estimate of drug-likeness (QED) is 0.679. The zero-order valence-electron chi connectivity index (χ0n) is 14.1. The number of rotatable bonds is 6. The number of aryl methyl sites for hydroxylation is 1. The van der Waals surface area contributed by atoms with Gasteiger partial charge in [0.25, 0.3) is 5.89 Å². The van der Waals surface area contributed by atoms with E-state index in [0.717, 1.165) is 10.4 Å². The van der Waals surface area contributed by atoms with E-state index in [9.17, 15) is 9.59 Å². The summed E-state index contributed by atoms with van der Waals surface area (Å²) in [4.78, 5) is 26.8. The van der Waals surface area contributed by atoms with Gasteiger partial charge in [-0.2, -0.15) is 4.68 Å². The Bertz CT molecular complexity index is 884. The van der Waals surface area contributed by atoms with Crippen molar-refractivity contribution in [1.82, 2.24) is 14.7 Å². The summed E-state index contributed by atoms with van der Waals surface area (Å²) in [6, 6.07) is 13.5. The molecule has 0 saturated carbocycles. The molecule has 2 heterocycles. The van der Waals surface area contributed by atoms with Crippen LogP contribution in [0.25, 0.3) is 10.8 Å². The highest BCUT2D eigenvalue weighted by atomic mass is 32.1. The summed E-state index contributed by atoms with van der Waals surface area (Å²) in [5, 5.41) is 6.05. The van der Waals surface area contributed by atoms with Crippen molar-refractivity contribution in [2.45, 2.75) is 25.9 Å². The van der Waals surface area contributed by atoms with E-state index < -0.39 is 5.76 Å². The highest BCUT2D eigenvalue weighted by Crippen LogP contribution is 2.21. The van der Waals surface area contributed by atoms with Crippen molar-refractivity contribution < 1.29 is 9.21 Å². The third-order valence-electron chi connectivity index (χ3n) is 4.13. The zero-order valence-corrected chi connectivity index (χ0v) is 14.9. The van der Waals surface area contributed by atoms with Crippen LogP contribution in [-0.4, -0.2) is 27.6 Å². The third-order valence-corrected chi connectivity index (χ3v) is 4.99. The number of hydrogen-bond donors (Lipinski definition) is 0. The van der Waals surface area contributed by atoms with Crippen molar-refractivity contribution in [3.8, 4) is 10.8 Å². The van der Waals surface area contributed by atoms with Crippen LogP contribution in [0.4, 0.5) is 0 Å². The van der Waals surface area contributed by atoms with E-state index in [-0.39, 0.29) is 24.9 Å². The number of thiophene rings is 1. The van der Waals surface area contributed by atoms with Crippen molar-refractivity contribution in [2.75, 3.05) is 7.05 Å². The maximum Gasteiger partial charge on any atom is 0.437 e. The van der Waals surface area contributed by atoms with E-state index in [0.29, 0.717) is 5.89 Å². The van der Waals surface area contributed by atoms with Gasteiger partial charge in [-0.25, -0.2) is 4.79 Å². The predicted molar refractivity (Wildman–Crippen MR) is 96.3 cm³/mol. The molecule has 0 N–H and O–H groups in total. The minimum absolute atomic E-state index is 0.0376. The monoisotopic (exact) mass is 357 g/mol. The number of aromatic nitrogens is 2. The smallest absolute Gasteiger partial charge is 0.387 e. The molecule has 1 amide bonds. The summed E-state index contributed by atoms with van der Waals surface area (Å²) in [7, 11) is 1.77.